The average molecular weight is 1510 g/mol. The van der Waals surface area contributed by atoms with Crippen molar-refractivity contribution in [1.29, 1.82) is 0 Å². The topological polar surface area (TPSA) is 237 Å². The molecule has 0 heterocycles. The van der Waals surface area contributed by atoms with Crippen LogP contribution in [0.25, 0.3) is 0 Å². The summed E-state index contributed by atoms with van der Waals surface area (Å²) in [5, 5.41) is 10.7. The van der Waals surface area contributed by atoms with Gasteiger partial charge in [0.15, 0.2) is 12.2 Å². The first-order valence-corrected chi connectivity index (χ1v) is 46.2. The van der Waals surface area contributed by atoms with Crippen LogP contribution in [0.4, 0.5) is 0 Å². The highest BCUT2D eigenvalue weighted by molar-refractivity contribution is 7.47. The van der Waals surface area contributed by atoms with Gasteiger partial charge in [-0.1, -0.05) is 383 Å². The molecule has 3 N–H and O–H groups in total. The van der Waals surface area contributed by atoms with E-state index in [2.05, 4.69) is 55.4 Å². The van der Waals surface area contributed by atoms with Crippen LogP contribution in [-0.2, 0) is 65.4 Å². The van der Waals surface area contributed by atoms with Crippen molar-refractivity contribution in [2.24, 2.45) is 23.7 Å². The number of unbranched alkanes of at least 4 members (excludes halogenated alkanes) is 46. The number of carbonyl (C=O) groups is 4. The van der Waals surface area contributed by atoms with E-state index >= 15 is 0 Å². The van der Waals surface area contributed by atoms with E-state index < -0.39 is 97.5 Å². The number of aliphatic hydroxyl groups excluding tert-OH is 1. The number of esters is 4. The van der Waals surface area contributed by atoms with Gasteiger partial charge < -0.3 is 33.8 Å². The van der Waals surface area contributed by atoms with Gasteiger partial charge in [-0.3, -0.25) is 37.3 Å². The lowest BCUT2D eigenvalue weighted by atomic mass is 9.99. The second kappa shape index (κ2) is 72.9. The summed E-state index contributed by atoms with van der Waals surface area (Å²) in [4.78, 5) is 73.1. The Labute approximate surface area is 632 Å². The number of carbonyl (C=O) groups excluding carboxylic acids is 4. The number of rotatable bonds is 81. The molecule has 0 aromatic rings. The summed E-state index contributed by atoms with van der Waals surface area (Å²) in [6.45, 7) is 14.3. The van der Waals surface area contributed by atoms with Crippen LogP contribution in [0.1, 0.15) is 434 Å². The molecule has 0 aromatic heterocycles. The lowest BCUT2D eigenvalue weighted by Crippen LogP contribution is -2.30. The molecule has 103 heavy (non-hydrogen) atoms. The van der Waals surface area contributed by atoms with Crippen LogP contribution in [0, 0.1) is 23.7 Å². The van der Waals surface area contributed by atoms with E-state index in [0.717, 1.165) is 114 Å². The molecule has 612 valence electrons. The predicted octanol–water partition coefficient (Wildman–Crippen LogP) is 25.2. The molecule has 0 saturated carbocycles. The van der Waals surface area contributed by atoms with Gasteiger partial charge >= 0.3 is 39.5 Å². The second-order valence-electron chi connectivity index (χ2n) is 31.9. The van der Waals surface area contributed by atoms with Gasteiger partial charge in [-0.05, 0) is 49.4 Å². The molecule has 4 unspecified atom stereocenters. The summed E-state index contributed by atoms with van der Waals surface area (Å²) in [6, 6.07) is 0. The van der Waals surface area contributed by atoms with Crippen molar-refractivity contribution in [2.45, 2.75) is 453 Å². The number of aliphatic hydroxyl groups is 1. The van der Waals surface area contributed by atoms with Gasteiger partial charge in [0.2, 0.25) is 0 Å². The van der Waals surface area contributed by atoms with Crippen molar-refractivity contribution in [3.63, 3.8) is 0 Å². The molecule has 0 fully saturated rings. The molecule has 17 nitrogen and oxygen atoms in total. The highest BCUT2D eigenvalue weighted by atomic mass is 31.2. The molecule has 0 aliphatic carbocycles. The molecule has 6 atom stereocenters. The summed E-state index contributed by atoms with van der Waals surface area (Å²) < 4.78 is 68.8. The second-order valence-corrected chi connectivity index (χ2v) is 34.8. The molecule has 0 spiro atoms. The Morgan fingerprint density at radius 2 is 0.466 bits per heavy atom. The molecule has 0 aromatic carbocycles. The van der Waals surface area contributed by atoms with Crippen LogP contribution in [0.3, 0.4) is 0 Å². The van der Waals surface area contributed by atoms with Crippen LogP contribution in [0.5, 0.6) is 0 Å². The third-order valence-corrected chi connectivity index (χ3v) is 21.8. The molecule has 0 amide bonds. The fourth-order valence-corrected chi connectivity index (χ4v) is 14.5. The zero-order valence-corrected chi connectivity index (χ0v) is 69.7. The van der Waals surface area contributed by atoms with Gasteiger partial charge in [-0.15, -0.1) is 0 Å². The first-order chi connectivity index (χ1) is 49.6. The van der Waals surface area contributed by atoms with Gasteiger partial charge in [0.25, 0.3) is 0 Å². The van der Waals surface area contributed by atoms with Gasteiger partial charge in [0.1, 0.15) is 19.3 Å². The van der Waals surface area contributed by atoms with Crippen LogP contribution < -0.4 is 0 Å². The SMILES string of the molecule is CCC(C)CCCCCCCCCCCCCCCCC(=O)O[C@H](COC(=O)CCCCCCCCCC(C)C)COP(=O)(O)OCC(O)COP(=O)(O)OC[C@@H](COC(=O)CCCCCCCCCCCCCCCC(C)C)OC(=O)CCCCCCCCCCCCCCCCCCC(C)C. The lowest BCUT2D eigenvalue weighted by Gasteiger charge is -2.21. The van der Waals surface area contributed by atoms with E-state index in [1.165, 1.54) is 231 Å². The number of hydrogen-bond donors (Lipinski definition) is 3. The Hall–Kier alpha value is -1.94. The minimum Gasteiger partial charge on any atom is -0.462 e. The maximum absolute atomic E-state index is 13.1. The molecule has 0 bridgehead atoms. The predicted molar refractivity (Wildman–Crippen MR) is 423 cm³/mol. The van der Waals surface area contributed by atoms with Crippen molar-refractivity contribution in [2.75, 3.05) is 39.6 Å². The van der Waals surface area contributed by atoms with Crippen LogP contribution in [0.2, 0.25) is 0 Å². The smallest absolute Gasteiger partial charge is 0.462 e. The molecular formula is C84H164O17P2. The van der Waals surface area contributed by atoms with E-state index in [0.29, 0.717) is 31.6 Å². The van der Waals surface area contributed by atoms with Gasteiger partial charge in [-0.25, -0.2) is 9.13 Å². The van der Waals surface area contributed by atoms with Gasteiger partial charge in [0, 0.05) is 25.7 Å². The van der Waals surface area contributed by atoms with Crippen molar-refractivity contribution in [3.05, 3.63) is 0 Å². The van der Waals surface area contributed by atoms with Crippen LogP contribution in [0.15, 0.2) is 0 Å². The Balaban J connectivity index is 5.24. The number of phosphoric acid groups is 2. The van der Waals surface area contributed by atoms with Crippen LogP contribution >= 0.6 is 15.6 Å². The highest BCUT2D eigenvalue weighted by Gasteiger charge is 2.30. The normalized spacial score (nSPS) is 14.2. The first kappa shape index (κ1) is 101. The van der Waals surface area contributed by atoms with Crippen LogP contribution in [-0.4, -0.2) is 96.7 Å². The minimum absolute atomic E-state index is 0.107. The fraction of sp³-hybridized carbons (Fsp3) is 0.952. The fourth-order valence-electron chi connectivity index (χ4n) is 12.9. The maximum atomic E-state index is 13.1. The summed E-state index contributed by atoms with van der Waals surface area (Å²) in [5.41, 5.74) is 0. The first-order valence-electron chi connectivity index (χ1n) is 43.2. The molecule has 0 radical (unpaired) electrons. The largest absolute Gasteiger partial charge is 0.472 e. The Morgan fingerprint density at radius 1 is 0.272 bits per heavy atom. The van der Waals surface area contributed by atoms with E-state index in [9.17, 15) is 43.2 Å². The zero-order valence-electron chi connectivity index (χ0n) is 68.0. The molecular weight excluding hydrogens is 1340 g/mol. The summed E-state index contributed by atoms with van der Waals surface area (Å²) in [5.74, 6) is 1.04. The maximum Gasteiger partial charge on any atom is 0.472 e. The van der Waals surface area contributed by atoms with Gasteiger partial charge in [-0.2, -0.15) is 0 Å². The van der Waals surface area contributed by atoms with E-state index in [-0.39, 0.29) is 25.7 Å². The standard InChI is InChI=1S/C84H164O17P2/c1-9-77(8)63-55-47-39-31-25-19-14-15-21-28-34-42-51-59-67-84(89)101-80(71-95-82(87)65-57-49-43-35-38-46-54-62-76(6)7)73-99-103(92,93)97-69-78(85)68-96-102(90,91)98-72-79(70-94-81(86)64-56-48-40-32-26-22-16-18-24-30-37-45-53-61-75(4)5)100-83(88)66-58-50-41-33-27-20-13-11-10-12-17-23-29-36-44-52-60-74(2)3/h74-80,85H,9-73H2,1-8H3,(H,90,91)(H,92,93)/t77?,78?,79-,80-/m1/s1. The third-order valence-electron chi connectivity index (χ3n) is 19.9. The Morgan fingerprint density at radius 3 is 0.689 bits per heavy atom. The van der Waals surface area contributed by atoms with E-state index in [1.807, 2.05) is 0 Å². The van der Waals surface area contributed by atoms with E-state index in [4.69, 9.17) is 37.0 Å². The molecule has 0 aliphatic rings. The molecule has 0 rings (SSSR count). The van der Waals surface area contributed by atoms with Crippen molar-refractivity contribution >= 4 is 39.5 Å². The zero-order chi connectivity index (χ0) is 76.0. The highest BCUT2D eigenvalue weighted by Crippen LogP contribution is 2.45. The molecule has 0 aliphatic heterocycles. The number of ether oxygens (including phenoxy) is 4. The molecule has 19 heteroatoms. The minimum atomic E-state index is -4.96. The average Bonchev–Trinajstić information content (AvgIpc) is 1.22. The third kappa shape index (κ3) is 76.6. The summed E-state index contributed by atoms with van der Waals surface area (Å²) in [6.07, 6.45) is 61.1. The Bertz CT molecular complexity index is 2010. The van der Waals surface area contributed by atoms with E-state index in [1.54, 1.807) is 0 Å². The quantitative estimate of drug-likeness (QED) is 0.0222. The molecule has 0 saturated heterocycles. The monoisotopic (exact) mass is 1510 g/mol. The lowest BCUT2D eigenvalue weighted by molar-refractivity contribution is -0.161. The summed E-state index contributed by atoms with van der Waals surface area (Å²) in [7, 11) is -9.93. The number of hydrogen-bond acceptors (Lipinski definition) is 15. The number of phosphoric ester groups is 2. The summed E-state index contributed by atoms with van der Waals surface area (Å²) >= 11 is 0. The van der Waals surface area contributed by atoms with Gasteiger partial charge in [0.05, 0.1) is 26.4 Å². The van der Waals surface area contributed by atoms with Crippen molar-refractivity contribution in [3.8, 4) is 0 Å². The Kier molecular flexibility index (Phi) is 71.5. The van der Waals surface area contributed by atoms with Crippen molar-refractivity contribution in [1.82, 2.24) is 0 Å². The van der Waals surface area contributed by atoms with Crippen molar-refractivity contribution < 1.29 is 80.2 Å².